The summed E-state index contributed by atoms with van der Waals surface area (Å²) >= 11 is 0. The lowest BCUT2D eigenvalue weighted by Crippen LogP contribution is -2.47. The molecule has 17 heavy (non-hydrogen) atoms. The number of aliphatic carboxylic acids is 1. The molecule has 1 fully saturated rings. The molecule has 0 radical (unpaired) electrons. The minimum atomic E-state index is -0.780. The molecule has 0 aromatic carbocycles. The van der Waals surface area contributed by atoms with Gasteiger partial charge >= 0.3 is 5.97 Å². The van der Waals surface area contributed by atoms with Gasteiger partial charge in [-0.15, -0.1) is 0 Å². The second-order valence-corrected chi connectivity index (χ2v) is 4.44. The van der Waals surface area contributed by atoms with E-state index in [9.17, 15) is 4.79 Å². The van der Waals surface area contributed by atoms with Crippen LogP contribution in [0.4, 0.5) is 0 Å². The molecule has 1 saturated heterocycles. The molecule has 0 amide bonds. The lowest BCUT2D eigenvalue weighted by Gasteiger charge is -2.26. The fourth-order valence-electron chi connectivity index (χ4n) is 2.14. The summed E-state index contributed by atoms with van der Waals surface area (Å²) in [6, 6.07) is -0.485. The second-order valence-electron chi connectivity index (χ2n) is 4.44. The average Bonchev–Trinajstić information content (AvgIpc) is 2.79. The van der Waals surface area contributed by atoms with E-state index < -0.39 is 12.0 Å². The van der Waals surface area contributed by atoms with Crippen LogP contribution in [0.15, 0.2) is 0 Å². The van der Waals surface area contributed by atoms with Gasteiger partial charge < -0.3 is 15.2 Å². The molecular formula is C12H24N2O3. The third-order valence-corrected chi connectivity index (χ3v) is 3.12. The second kappa shape index (κ2) is 7.63. The number of rotatable bonds is 8. The molecule has 5 nitrogen and oxygen atoms in total. The zero-order valence-corrected chi connectivity index (χ0v) is 10.8. The fourth-order valence-corrected chi connectivity index (χ4v) is 2.14. The maximum Gasteiger partial charge on any atom is 0.322 e. The number of carbonyl (C=O) groups is 1. The van der Waals surface area contributed by atoms with Gasteiger partial charge in [-0.25, -0.2) is 0 Å². The van der Waals surface area contributed by atoms with Crippen molar-refractivity contribution in [1.29, 1.82) is 0 Å². The lowest BCUT2D eigenvalue weighted by molar-refractivity contribution is -0.140. The Bertz CT molecular complexity index is 230. The number of nitrogens with one attached hydrogen (secondary N) is 1. The summed E-state index contributed by atoms with van der Waals surface area (Å²) < 4.78 is 5.58. The Morgan fingerprint density at radius 3 is 2.82 bits per heavy atom. The van der Waals surface area contributed by atoms with Crippen LogP contribution in [0.25, 0.3) is 0 Å². The summed E-state index contributed by atoms with van der Waals surface area (Å²) in [5.74, 6) is -0.780. The molecule has 100 valence electrons. The normalized spacial score (nSPS) is 21.9. The van der Waals surface area contributed by atoms with E-state index in [0.29, 0.717) is 13.1 Å². The van der Waals surface area contributed by atoms with Gasteiger partial charge in [-0.1, -0.05) is 13.8 Å². The maximum atomic E-state index is 11.1. The molecule has 1 rings (SSSR count). The molecular weight excluding hydrogens is 220 g/mol. The Morgan fingerprint density at radius 1 is 1.59 bits per heavy atom. The summed E-state index contributed by atoms with van der Waals surface area (Å²) in [4.78, 5) is 13.2. The first-order valence-electron chi connectivity index (χ1n) is 6.47. The van der Waals surface area contributed by atoms with Crippen LogP contribution in [0.2, 0.25) is 0 Å². The number of carboxylic acids is 1. The smallest absolute Gasteiger partial charge is 0.322 e. The van der Waals surface area contributed by atoms with E-state index >= 15 is 0 Å². The van der Waals surface area contributed by atoms with Crippen molar-refractivity contribution in [2.45, 2.75) is 38.8 Å². The van der Waals surface area contributed by atoms with Crippen LogP contribution in [0.5, 0.6) is 0 Å². The molecule has 0 aromatic heterocycles. The molecule has 0 aromatic rings. The molecule has 2 atom stereocenters. The third-order valence-electron chi connectivity index (χ3n) is 3.12. The highest BCUT2D eigenvalue weighted by atomic mass is 16.5. The van der Waals surface area contributed by atoms with Crippen molar-refractivity contribution in [3.8, 4) is 0 Å². The lowest BCUT2D eigenvalue weighted by atomic mass is 10.2. The van der Waals surface area contributed by atoms with Gasteiger partial charge in [0.2, 0.25) is 0 Å². The molecule has 1 heterocycles. The van der Waals surface area contributed by atoms with Gasteiger partial charge in [0.25, 0.3) is 0 Å². The Hall–Kier alpha value is -0.650. The van der Waals surface area contributed by atoms with Gasteiger partial charge in [0.15, 0.2) is 0 Å². The Balaban J connectivity index is 2.39. The Labute approximate surface area is 103 Å². The fraction of sp³-hybridized carbons (Fsp3) is 0.917. The van der Waals surface area contributed by atoms with Crippen molar-refractivity contribution in [2.75, 3.05) is 32.8 Å². The average molecular weight is 244 g/mol. The van der Waals surface area contributed by atoms with Gasteiger partial charge in [-0.2, -0.15) is 0 Å². The van der Waals surface area contributed by atoms with E-state index in [1.54, 1.807) is 0 Å². The SMILES string of the molecule is CCNC(CN(CC)CC1CCCO1)C(=O)O. The van der Waals surface area contributed by atoms with Crippen LogP contribution < -0.4 is 5.32 Å². The van der Waals surface area contributed by atoms with Crippen molar-refractivity contribution >= 4 is 5.97 Å². The van der Waals surface area contributed by atoms with Crippen LogP contribution in [-0.2, 0) is 9.53 Å². The molecule has 0 spiro atoms. The van der Waals surface area contributed by atoms with E-state index in [4.69, 9.17) is 9.84 Å². The van der Waals surface area contributed by atoms with Crippen molar-refractivity contribution in [3.63, 3.8) is 0 Å². The van der Waals surface area contributed by atoms with Gasteiger partial charge in [-0.3, -0.25) is 9.69 Å². The van der Waals surface area contributed by atoms with Gasteiger partial charge in [-0.05, 0) is 25.9 Å². The monoisotopic (exact) mass is 244 g/mol. The molecule has 1 aliphatic heterocycles. The van der Waals surface area contributed by atoms with E-state index in [1.807, 2.05) is 6.92 Å². The molecule has 0 bridgehead atoms. The first kappa shape index (κ1) is 14.4. The molecule has 1 aliphatic rings. The quantitative estimate of drug-likeness (QED) is 0.653. The van der Waals surface area contributed by atoms with Gasteiger partial charge in [0, 0.05) is 19.7 Å². The molecule has 5 heteroatoms. The Kier molecular flexibility index (Phi) is 6.47. The van der Waals surface area contributed by atoms with Crippen LogP contribution in [0, 0.1) is 0 Å². The first-order chi connectivity index (χ1) is 8.17. The highest BCUT2D eigenvalue weighted by molar-refractivity contribution is 5.73. The maximum absolute atomic E-state index is 11.1. The number of ether oxygens (including phenoxy) is 1. The zero-order chi connectivity index (χ0) is 12.7. The number of hydrogen-bond donors (Lipinski definition) is 2. The van der Waals surface area contributed by atoms with Gasteiger partial charge in [0.05, 0.1) is 6.10 Å². The minimum absolute atomic E-state index is 0.283. The zero-order valence-electron chi connectivity index (χ0n) is 10.8. The van der Waals surface area contributed by atoms with Crippen LogP contribution in [0.1, 0.15) is 26.7 Å². The first-order valence-corrected chi connectivity index (χ1v) is 6.47. The standard InChI is InChI=1S/C12H24N2O3/c1-3-13-11(12(15)16)9-14(4-2)8-10-6-5-7-17-10/h10-11,13H,3-9H2,1-2H3,(H,15,16). The van der Waals surface area contributed by atoms with Crippen LogP contribution >= 0.6 is 0 Å². The van der Waals surface area contributed by atoms with Gasteiger partial charge in [0.1, 0.15) is 6.04 Å². The van der Waals surface area contributed by atoms with Crippen LogP contribution in [-0.4, -0.2) is 60.9 Å². The summed E-state index contributed by atoms with van der Waals surface area (Å²) in [5, 5.41) is 12.1. The topological polar surface area (TPSA) is 61.8 Å². The van der Waals surface area contributed by atoms with Crippen molar-refractivity contribution in [1.82, 2.24) is 10.2 Å². The summed E-state index contributed by atoms with van der Waals surface area (Å²) in [6.07, 6.45) is 2.50. The summed E-state index contributed by atoms with van der Waals surface area (Å²) in [6.45, 7) is 7.73. The van der Waals surface area contributed by atoms with E-state index in [2.05, 4.69) is 17.1 Å². The molecule has 2 N–H and O–H groups in total. The molecule has 0 saturated carbocycles. The minimum Gasteiger partial charge on any atom is -0.480 e. The highest BCUT2D eigenvalue weighted by Crippen LogP contribution is 2.13. The summed E-state index contributed by atoms with van der Waals surface area (Å²) in [5.41, 5.74) is 0. The van der Waals surface area contributed by atoms with Crippen molar-refractivity contribution in [2.24, 2.45) is 0 Å². The molecule has 2 unspecified atom stereocenters. The highest BCUT2D eigenvalue weighted by Gasteiger charge is 2.23. The van der Waals surface area contributed by atoms with Crippen molar-refractivity contribution < 1.29 is 14.6 Å². The number of carboxylic acid groups (broad SMARTS) is 1. The Morgan fingerprint density at radius 2 is 2.35 bits per heavy atom. The number of hydrogen-bond acceptors (Lipinski definition) is 4. The van der Waals surface area contributed by atoms with Crippen LogP contribution in [0.3, 0.4) is 0 Å². The predicted octanol–water partition coefficient (Wildman–Crippen LogP) is 0.550. The third kappa shape index (κ3) is 5.02. The number of nitrogens with zero attached hydrogens (tertiary/aromatic N) is 1. The largest absolute Gasteiger partial charge is 0.480 e. The van der Waals surface area contributed by atoms with E-state index in [1.165, 1.54) is 0 Å². The van der Waals surface area contributed by atoms with E-state index in [-0.39, 0.29) is 6.10 Å². The number of likely N-dealkylation sites (N-methyl/N-ethyl adjacent to an activating group) is 2. The summed E-state index contributed by atoms with van der Waals surface area (Å²) in [7, 11) is 0. The molecule has 0 aliphatic carbocycles. The van der Waals surface area contributed by atoms with E-state index in [0.717, 1.165) is 32.5 Å². The predicted molar refractivity (Wildman–Crippen MR) is 66.2 cm³/mol. The van der Waals surface area contributed by atoms with Crippen molar-refractivity contribution in [3.05, 3.63) is 0 Å².